The summed E-state index contributed by atoms with van der Waals surface area (Å²) in [6, 6.07) is 16.5. The Kier molecular flexibility index (Phi) is 6.34. The maximum atomic E-state index is 12.9. The normalized spacial score (nSPS) is 16.9. The first-order valence-electron chi connectivity index (χ1n) is 12.8. The van der Waals surface area contributed by atoms with Gasteiger partial charge in [-0.1, -0.05) is 18.2 Å². The number of nitrogens with zero attached hydrogens (tertiary/aromatic N) is 3. The lowest BCUT2D eigenvalue weighted by molar-refractivity contribution is 0.0943. The van der Waals surface area contributed by atoms with E-state index >= 15 is 0 Å². The molecule has 0 radical (unpaired) electrons. The van der Waals surface area contributed by atoms with Crippen molar-refractivity contribution in [2.24, 2.45) is 0 Å². The molecule has 0 unspecified atom stereocenters. The quantitative estimate of drug-likeness (QED) is 0.363. The molecule has 3 aromatic rings. The van der Waals surface area contributed by atoms with Gasteiger partial charge in [-0.2, -0.15) is 10.2 Å². The van der Waals surface area contributed by atoms with Crippen molar-refractivity contribution in [1.82, 2.24) is 20.6 Å². The van der Waals surface area contributed by atoms with Crippen LogP contribution in [0.25, 0.3) is 0 Å². The number of benzene rings is 2. The van der Waals surface area contributed by atoms with Gasteiger partial charge >= 0.3 is 0 Å². The Morgan fingerprint density at radius 3 is 2.62 bits per heavy atom. The number of aromatic nitrogens is 2. The summed E-state index contributed by atoms with van der Waals surface area (Å²) in [4.78, 5) is 22.1. The number of carbonyl (C=O) groups excluding carboxylic acids is 1. The van der Waals surface area contributed by atoms with Crippen molar-refractivity contribution in [3.8, 4) is 6.07 Å². The van der Waals surface area contributed by atoms with Gasteiger partial charge in [-0.25, -0.2) is 4.98 Å². The Morgan fingerprint density at radius 2 is 1.89 bits per heavy atom. The molecule has 1 aliphatic heterocycles. The molecule has 2 heterocycles. The van der Waals surface area contributed by atoms with Crippen LogP contribution in [0.4, 0.5) is 23.1 Å². The number of hydrogen-bond acceptors (Lipinski definition) is 7. The lowest BCUT2D eigenvalue weighted by atomic mass is 9.85. The molecule has 1 aliphatic carbocycles. The van der Waals surface area contributed by atoms with Crippen LogP contribution in [0.1, 0.15) is 67.6 Å². The van der Waals surface area contributed by atoms with E-state index in [1.807, 2.05) is 44.2 Å². The fourth-order valence-electron chi connectivity index (χ4n) is 4.89. The number of anilines is 4. The molecule has 190 valence electrons. The SMILES string of the molecule is CC(C)NC(=O)c1cnc(Nc2ccc3c(c2)CCNC3(C)C)nc1Nc1cccc(C2(C#N)CC2)c1. The smallest absolute Gasteiger partial charge is 0.256 e. The van der Waals surface area contributed by atoms with Gasteiger partial charge in [-0.15, -0.1) is 0 Å². The van der Waals surface area contributed by atoms with Gasteiger partial charge in [-0.05, 0) is 94.5 Å². The summed E-state index contributed by atoms with van der Waals surface area (Å²) >= 11 is 0. The van der Waals surface area contributed by atoms with Gasteiger partial charge in [0, 0.05) is 29.2 Å². The van der Waals surface area contributed by atoms with E-state index in [4.69, 9.17) is 0 Å². The van der Waals surface area contributed by atoms with Crippen molar-refractivity contribution in [3.63, 3.8) is 0 Å². The van der Waals surface area contributed by atoms with Crippen molar-refractivity contribution >= 4 is 29.0 Å². The monoisotopic (exact) mass is 495 g/mol. The maximum absolute atomic E-state index is 12.9. The highest BCUT2D eigenvalue weighted by atomic mass is 16.1. The molecule has 0 spiro atoms. The van der Waals surface area contributed by atoms with Crippen LogP contribution in [0, 0.1) is 11.3 Å². The van der Waals surface area contributed by atoms with E-state index in [1.54, 1.807) is 6.20 Å². The highest BCUT2D eigenvalue weighted by Crippen LogP contribution is 2.48. The summed E-state index contributed by atoms with van der Waals surface area (Å²) in [6.07, 6.45) is 4.23. The third kappa shape index (κ3) is 5.13. The van der Waals surface area contributed by atoms with Crippen LogP contribution in [-0.2, 0) is 17.4 Å². The number of hydrogen-bond donors (Lipinski definition) is 4. The molecule has 4 N–H and O–H groups in total. The van der Waals surface area contributed by atoms with E-state index in [0.717, 1.165) is 42.7 Å². The summed E-state index contributed by atoms with van der Waals surface area (Å²) in [7, 11) is 0. The molecule has 2 aliphatic rings. The maximum Gasteiger partial charge on any atom is 0.256 e. The summed E-state index contributed by atoms with van der Waals surface area (Å²) in [6.45, 7) is 9.14. The number of carbonyl (C=O) groups is 1. The number of rotatable bonds is 7. The minimum Gasteiger partial charge on any atom is -0.350 e. The second-order valence-electron chi connectivity index (χ2n) is 10.8. The molecule has 5 rings (SSSR count). The third-order valence-electron chi connectivity index (χ3n) is 7.09. The molecular formula is C29H33N7O. The molecule has 1 amide bonds. The van der Waals surface area contributed by atoms with E-state index in [9.17, 15) is 10.1 Å². The van der Waals surface area contributed by atoms with Crippen LogP contribution >= 0.6 is 0 Å². The molecule has 37 heavy (non-hydrogen) atoms. The Hall–Kier alpha value is -3.96. The van der Waals surface area contributed by atoms with Crippen molar-refractivity contribution in [1.29, 1.82) is 5.26 Å². The zero-order chi connectivity index (χ0) is 26.2. The molecule has 0 atom stereocenters. The average molecular weight is 496 g/mol. The van der Waals surface area contributed by atoms with E-state index in [2.05, 4.69) is 63.3 Å². The number of nitriles is 1. The third-order valence-corrected chi connectivity index (χ3v) is 7.09. The van der Waals surface area contributed by atoms with E-state index in [0.29, 0.717) is 17.3 Å². The van der Waals surface area contributed by atoms with Crippen molar-refractivity contribution in [2.45, 2.75) is 64.0 Å². The Labute approximate surface area is 217 Å². The van der Waals surface area contributed by atoms with Crippen molar-refractivity contribution in [2.75, 3.05) is 17.2 Å². The minimum absolute atomic E-state index is 0.0268. The lowest BCUT2D eigenvalue weighted by Crippen LogP contribution is -2.42. The van der Waals surface area contributed by atoms with Crippen LogP contribution in [0.5, 0.6) is 0 Å². The highest BCUT2D eigenvalue weighted by molar-refractivity contribution is 5.99. The molecule has 0 saturated heterocycles. The van der Waals surface area contributed by atoms with Gasteiger partial charge in [0.15, 0.2) is 0 Å². The van der Waals surface area contributed by atoms with E-state index in [1.165, 1.54) is 11.1 Å². The van der Waals surface area contributed by atoms with E-state index < -0.39 is 5.41 Å². The number of nitrogens with one attached hydrogen (secondary N) is 4. The van der Waals surface area contributed by atoms with Gasteiger partial charge in [0.1, 0.15) is 11.4 Å². The molecule has 0 bridgehead atoms. The fraction of sp³-hybridized carbons (Fsp3) is 0.379. The van der Waals surface area contributed by atoms with E-state index in [-0.39, 0.29) is 17.5 Å². The van der Waals surface area contributed by atoms with Crippen molar-refractivity contribution in [3.05, 3.63) is 70.9 Å². The van der Waals surface area contributed by atoms with Crippen molar-refractivity contribution < 1.29 is 4.79 Å². The standard InChI is InChI=1S/C29H33N7O/c1-18(2)33-26(37)23-16-31-27(35-22-8-9-24-19(14-22)10-13-32-28(24,3)4)36-25(23)34-21-7-5-6-20(15-21)29(17-30)11-12-29/h5-9,14-16,18,32H,10-13H2,1-4H3,(H,33,37)(H2,31,34,35,36). The predicted molar refractivity (Wildman–Crippen MR) is 145 cm³/mol. The predicted octanol–water partition coefficient (Wildman–Crippen LogP) is 5.04. The Balaban J connectivity index is 1.45. The summed E-state index contributed by atoms with van der Waals surface area (Å²) in [5.41, 5.74) is 5.12. The molecule has 1 fully saturated rings. The first kappa shape index (κ1) is 24.7. The lowest BCUT2D eigenvalue weighted by Gasteiger charge is -2.34. The van der Waals surface area contributed by atoms with Crippen LogP contribution in [0.3, 0.4) is 0 Å². The first-order valence-corrected chi connectivity index (χ1v) is 12.8. The van der Waals surface area contributed by atoms with Crippen LogP contribution < -0.4 is 21.3 Å². The topological polar surface area (TPSA) is 115 Å². The zero-order valence-corrected chi connectivity index (χ0v) is 21.8. The summed E-state index contributed by atoms with van der Waals surface area (Å²) in [5.74, 6) is 0.542. The van der Waals surface area contributed by atoms with Gasteiger partial charge in [0.25, 0.3) is 5.91 Å². The van der Waals surface area contributed by atoms with Crippen LogP contribution in [0.15, 0.2) is 48.7 Å². The average Bonchev–Trinajstić information content (AvgIpc) is 3.65. The van der Waals surface area contributed by atoms with Gasteiger partial charge in [0.05, 0.1) is 11.5 Å². The Bertz CT molecular complexity index is 1390. The van der Waals surface area contributed by atoms with Gasteiger partial charge in [-0.3, -0.25) is 4.79 Å². The molecule has 8 nitrogen and oxygen atoms in total. The second-order valence-corrected chi connectivity index (χ2v) is 10.8. The summed E-state index contributed by atoms with van der Waals surface area (Å²) < 4.78 is 0. The molecule has 8 heteroatoms. The Morgan fingerprint density at radius 1 is 1.11 bits per heavy atom. The summed E-state index contributed by atoms with van der Waals surface area (Å²) in [5, 5.41) is 22.7. The fourth-order valence-corrected chi connectivity index (χ4v) is 4.89. The molecular weight excluding hydrogens is 462 g/mol. The second kappa shape index (κ2) is 9.49. The number of fused-ring (bicyclic) bond motifs is 1. The number of amides is 1. The van der Waals surface area contributed by atoms with Crippen LogP contribution in [0.2, 0.25) is 0 Å². The minimum atomic E-state index is -0.398. The largest absolute Gasteiger partial charge is 0.350 e. The first-order chi connectivity index (χ1) is 17.7. The van der Waals surface area contributed by atoms with Gasteiger partial charge < -0.3 is 21.3 Å². The highest BCUT2D eigenvalue weighted by Gasteiger charge is 2.44. The molecule has 1 aromatic heterocycles. The molecule has 2 aromatic carbocycles. The van der Waals surface area contributed by atoms with Gasteiger partial charge in [0.2, 0.25) is 5.95 Å². The molecule has 1 saturated carbocycles. The zero-order valence-electron chi connectivity index (χ0n) is 21.8. The van der Waals surface area contributed by atoms with Crippen LogP contribution in [-0.4, -0.2) is 28.5 Å².